The molecule has 1 heterocycles. The first-order valence-corrected chi connectivity index (χ1v) is 5.96. The Hall–Kier alpha value is -1.42. The van der Waals surface area contributed by atoms with Crippen molar-refractivity contribution < 1.29 is 4.79 Å². The van der Waals surface area contributed by atoms with Crippen LogP contribution in [0.4, 0.5) is 0 Å². The summed E-state index contributed by atoms with van der Waals surface area (Å²) in [6, 6.07) is 3.77. The smallest absolute Gasteiger partial charge is 0.225 e. The summed E-state index contributed by atoms with van der Waals surface area (Å²) < 4.78 is 0. The monoisotopic (exact) mass is 235 g/mol. The molecule has 1 aromatic rings. The maximum atomic E-state index is 12.0. The largest absolute Gasteiger partial charge is 0.349 e. The van der Waals surface area contributed by atoms with Gasteiger partial charge < -0.3 is 11.1 Å². The molecule has 2 atom stereocenters. The van der Waals surface area contributed by atoms with Gasteiger partial charge >= 0.3 is 0 Å². The minimum atomic E-state index is -0.130. The lowest BCUT2D eigenvalue weighted by Crippen LogP contribution is -2.39. The molecule has 0 saturated heterocycles. The van der Waals surface area contributed by atoms with E-state index < -0.39 is 0 Å². The van der Waals surface area contributed by atoms with Crippen LogP contribution >= 0.6 is 0 Å². The Morgan fingerprint density at radius 3 is 2.65 bits per heavy atom. The van der Waals surface area contributed by atoms with Gasteiger partial charge in [-0.05, 0) is 24.5 Å². The minimum absolute atomic E-state index is 0.0128. The van der Waals surface area contributed by atoms with Gasteiger partial charge in [0.15, 0.2) is 0 Å². The average molecular weight is 235 g/mol. The van der Waals surface area contributed by atoms with Gasteiger partial charge in [-0.15, -0.1) is 0 Å². The normalized spacial score (nSPS) is 14.4. The molecule has 94 valence electrons. The van der Waals surface area contributed by atoms with Crippen LogP contribution in [0.25, 0.3) is 0 Å². The summed E-state index contributed by atoms with van der Waals surface area (Å²) in [5.41, 5.74) is 6.62. The molecule has 17 heavy (non-hydrogen) atoms. The highest BCUT2D eigenvalue weighted by Gasteiger charge is 2.22. The molecule has 0 fully saturated rings. The zero-order valence-electron chi connectivity index (χ0n) is 10.7. The Morgan fingerprint density at radius 2 is 2.18 bits per heavy atom. The Balaban J connectivity index is 2.63. The molecular weight excluding hydrogens is 214 g/mol. The lowest BCUT2D eigenvalue weighted by atomic mass is 9.94. The zero-order valence-corrected chi connectivity index (χ0v) is 10.7. The number of carbonyl (C=O) groups excluding carboxylic acids is 1. The molecule has 0 saturated carbocycles. The van der Waals surface area contributed by atoms with Crippen molar-refractivity contribution >= 4 is 5.91 Å². The summed E-state index contributed by atoms with van der Waals surface area (Å²) in [7, 11) is 0. The van der Waals surface area contributed by atoms with Gasteiger partial charge in [0, 0.05) is 18.9 Å². The molecule has 4 nitrogen and oxygen atoms in total. The summed E-state index contributed by atoms with van der Waals surface area (Å²) in [4.78, 5) is 16.0. The highest BCUT2D eigenvalue weighted by Crippen LogP contribution is 2.14. The molecule has 3 N–H and O–H groups in total. The van der Waals surface area contributed by atoms with Crippen molar-refractivity contribution in [2.45, 2.75) is 26.8 Å². The molecule has 0 aromatic carbocycles. The van der Waals surface area contributed by atoms with Crippen LogP contribution in [0.3, 0.4) is 0 Å². The van der Waals surface area contributed by atoms with Crippen molar-refractivity contribution in [1.29, 1.82) is 0 Å². The molecule has 0 aliphatic carbocycles. The van der Waals surface area contributed by atoms with Gasteiger partial charge in [-0.3, -0.25) is 9.78 Å². The van der Waals surface area contributed by atoms with Gasteiger partial charge in [0.25, 0.3) is 0 Å². The van der Waals surface area contributed by atoms with Crippen LogP contribution in [-0.2, 0) is 4.79 Å². The van der Waals surface area contributed by atoms with Crippen LogP contribution in [-0.4, -0.2) is 17.4 Å². The number of hydrogen-bond acceptors (Lipinski definition) is 3. The molecular formula is C13H21N3O. The van der Waals surface area contributed by atoms with Gasteiger partial charge in [0.2, 0.25) is 5.91 Å². The minimum Gasteiger partial charge on any atom is -0.349 e. The second-order valence-corrected chi connectivity index (χ2v) is 4.60. The summed E-state index contributed by atoms with van der Waals surface area (Å²) in [5.74, 6) is 0.133. The topological polar surface area (TPSA) is 68.0 Å². The number of carbonyl (C=O) groups is 1. The van der Waals surface area contributed by atoms with Gasteiger partial charge in [0.05, 0.1) is 12.0 Å². The van der Waals surface area contributed by atoms with Crippen molar-refractivity contribution in [3.8, 4) is 0 Å². The molecule has 0 aliphatic rings. The molecule has 1 unspecified atom stereocenters. The SMILES string of the molecule is CC(C)C(CN)C(=O)N[C@@H](C)c1cccnc1. The van der Waals surface area contributed by atoms with E-state index in [1.54, 1.807) is 12.4 Å². The highest BCUT2D eigenvalue weighted by atomic mass is 16.2. The average Bonchev–Trinajstić information content (AvgIpc) is 2.30. The maximum absolute atomic E-state index is 12.0. The number of aromatic nitrogens is 1. The maximum Gasteiger partial charge on any atom is 0.225 e. The van der Waals surface area contributed by atoms with Crippen molar-refractivity contribution in [2.75, 3.05) is 6.54 Å². The van der Waals surface area contributed by atoms with Crippen LogP contribution in [0.2, 0.25) is 0 Å². The van der Waals surface area contributed by atoms with Gasteiger partial charge in [-0.2, -0.15) is 0 Å². The molecule has 4 heteroatoms. The van der Waals surface area contributed by atoms with Crippen LogP contribution in [0.15, 0.2) is 24.5 Å². The first kappa shape index (κ1) is 13.6. The van der Waals surface area contributed by atoms with Crippen molar-refractivity contribution in [2.24, 2.45) is 17.6 Å². The molecule has 1 rings (SSSR count). The number of rotatable bonds is 5. The molecule has 0 bridgehead atoms. The summed E-state index contributed by atoms with van der Waals surface area (Å²) >= 11 is 0. The number of nitrogens with two attached hydrogens (primary N) is 1. The van der Waals surface area contributed by atoms with Crippen molar-refractivity contribution in [3.63, 3.8) is 0 Å². The molecule has 1 amide bonds. The molecule has 0 radical (unpaired) electrons. The number of hydrogen-bond donors (Lipinski definition) is 2. The number of pyridine rings is 1. The van der Waals surface area contributed by atoms with E-state index in [2.05, 4.69) is 10.3 Å². The third-order valence-electron chi connectivity index (χ3n) is 2.94. The van der Waals surface area contributed by atoms with E-state index in [1.165, 1.54) is 0 Å². The highest BCUT2D eigenvalue weighted by molar-refractivity contribution is 5.79. The summed E-state index contributed by atoms with van der Waals surface area (Å²) in [6.07, 6.45) is 3.48. The third-order valence-corrected chi connectivity index (χ3v) is 2.94. The molecule has 0 aliphatic heterocycles. The van der Waals surface area contributed by atoms with Crippen molar-refractivity contribution in [3.05, 3.63) is 30.1 Å². The van der Waals surface area contributed by atoms with Crippen LogP contribution in [0.1, 0.15) is 32.4 Å². The molecule has 0 spiro atoms. The second kappa shape index (κ2) is 6.35. The van der Waals surface area contributed by atoms with Crippen LogP contribution in [0, 0.1) is 11.8 Å². The Bertz CT molecular complexity index is 351. The lowest BCUT2D eigenvalue weighted by molar-refractivity contribution is -0.126. The summed E-state index contributed by atoms with van der Waals surface area (Å²) in [6.45, 7) is 6.34. The fourth-order valence-corrected chi connectivity index (χ4v) is 1.72. The lowest BCUT2D eigenvalue weighted by Gasteiger charge is -2.21. The van der Waals surface area contributed by atoms with E-state index in [0.717, 1.165) is 5.56 Å². The third kappa shape index (κ3) is 3.82. The van der Waals surface area contributed by atoms with E-state index in [9.17, 15) is 4.79 Å². The number of nitrogens with one attached hydrogen (secondary N) is 1. The zero-order chi connectivity index (χ0) is 12.8. The predicted octanol–water partition coefficient (Wildman–Crippen LogP) is 1.49. The van der Waals surface area contributed by atoms with Gasteiger partial charge in [-0.1, -0.05) is 19.9 Å². The quantitative estimate of drug-likeness (QED) is 0.812. The van der Waals surface area contributed by atoms with E-state index >= 15 is 0 Å². The fraction of sp³-hybridized carbons (Fsp3) is 0.538. The summed E-state index contributed by atoms with van der Waals surface area (Å²) in [5, 5.41) is 2.97. The second-order valence-electron chi connectivity index (χ2n) is 4.60. The van der Waals surface area contributed by atoms with E-state index in [-0.39, 0.29) is 23.8 Å². The van der Waals surface area contributed by atoms with Crippen LogP contribution in [0.5, 0.6) is 0 Å². The Morgan fingerprint density at radius 1 is 1.47 bits per heavy atom. The van der Waals surface area contributed by atoms with Crippen molar-refractivity contribution in [1.82, 2.24) is 10.3 Å². The van der Waals surface area contributed by atoms with E-state index in [0.29, 0.717) is 6.54 Å². The van der Waals surface area contributed by atoms with E-state index in [4.69, 9.17) is 5.73 Å². The van der Waals surface area contributed by atoms with Gasteiger partial charge in [0.1, 0.15) is 0 Å². The first-order valence-electron chi connectivity index (χ1n) is 5.96. The van der Waals surface area contributed by atoms with E-state index in [1.807, 2.05) is 32.9 Å². The number of amides is 1. The predicted molar refractivity (Wildman–Crippen MR) is 68.2 cm³/mol. The fourth-order valence-electron chi connectivity index (χ4n) is 1.72. The standard InChI is InChI=1S/C13H21N3O/c1-9(2)12(7-14)13(17)16-10(3)11-5-4-6-15-8-11/h4-6,8-10,12H,7,14H2,1-3H3,(H,16,17)/t10-,12?/m0/s1. The molecule has 1 aromatic heterocycles. The first-order chi connectivity index (χ1) is 8.06. The van der Waals surface area contributed by atoms with Gasteiger partial charge in [-0.25, -0.2) is 0 Å². The Labute approximate surface area is 103 Å². The van der Waals surface area contributed by atoms with Crippen LogP contribution < -0.4 is 11.1 Å². The Kier molecular flexibility index (Phi) is 5.10. The number of nitrogens with zero attached hydrogens (tertiary/aromatic N) is 1.